The van der Waals surface area contributed by atoms with E-state index in [1.54, 1.807) is 0 Å². The highest BCUT2D eigenvalue weighted by Crippen LogP contribution is 2.15. The summed E-state index contributed by atoms with van der Waals surface area (Å²) in [5.41, 5.74) is 0. The molecule has 3 atom stereocenters. The second-order valence-electron chi connectivity index (χ2n) is 11.2. The van der Waals surface area contributed by atoms with Crippen molar-refractivity contribution in [3.8, 4) is 0 Å². The van der Waals surface area contributed by atoms with Crippen LogP contribution in [-0.4, -0.2) is 46.1 Å². The molecule has 39 heavy (non-hydrogen) atoms. The second-order valence-corrected chi connectivity index (χ2v) is 11.2. The Morgan fingerprint density at radius 3 is 1.56 bits per heavy atom. The van der Waals surface area contributed by atoms with E-state index in [4.69, 9.17) is 12.3 Å². The van der Waals surface area contributed by atoms with Crippen molar-refractivity contribution in [1.82, 2.24) is 5.32 Å². The minimum Gasteiger partial charge on any atom is -0.394 e. The van der Waals surface area contributed by atoms with E-state index in [0.29, 0.717) is 25.7 Å². The summed E-state index contributed by atoms with van der Waals surface area (Å²) < 4.78 is 68.9. The molecule has 0 fully saturated rings. The largest absolute Gasteiger partial charge is 0.394 e. The molecule has 5 heteroatoms. The van der Waals surface area contributed by atoms with E-state index in [0.717, 1.165) is 51.4 Å². The van der Waals surface area contributed by atoms with E-state index >= 15 is 0 Å². The van der Waals surface area contributed by atoms with Crippen molar-refractivity contribution in [2.75, 3.05) is 6.61 Å². The van der Waals surface area contributed by atoms with E-state index in [2.05, 4.69) is 12.2 Å². The number of nitrogens with one attached hydrogen (secondary N) is 1. The van der Waals surface area contributed by atoms with Gasteiger partial charge in [-0.05, 0) is 12.8 Å². The van der Waals surface area contributed by atoms with Gasteiger partial charge in [0, 0.05) is 12.3 Å². The number of hydrogen-bond acceptors (Lipinski definition) is 4. The Kier molecular flexibility index (Phi) is 19.4. The first kappa shape index (κ1) is 24.9. The van der Waals surface area contributed by atoms with Crippen LogP contribution in [0.3, 0.4) is 0 Å². The number of aliphatic hydroxyl groups is 3. The quantitative estimate of drug-likeness (QED) is 0.0634. The van der Waals surface area contributed by atoms with Gasteiger partial charge >= 0.3 is 0 Å². The molecule has 0 aliphatic rings. The van der Waals surface area contributed by atoms with Gasteiger partial charge in [-0.3, -0.25) is 4.79 Å². The number of carbonyl (C=O) groups is 1. The van der Waals surface area contributed by atoms with Gasteiger partial charge in [-0.2, -0.15) is 0 Å². The monoisotopic (exact) mass is 565 g/mol. The number of hydrogen-bond donors (Lipinski definition) is 4. The lowest BCUT2D eigenvalue weighted by Crippen LogP contribution is -2.49. The van der Waals surface area contributed by atoms with Crippen molar-refractivity contribution >= 4 is 5.91 Å². The molecule has 0 saturated carbocycles. The third kappa shape index (κ3) is 26.0. The normalized spacial score (nSPS) is 18.7. The summed E-state index contributed by atoms with van der Waals surface area (Å²) in [6.07, 6.45) is 11.1. The molecule has 0 heterocycles. The van der Waals surface area contributed by atoms with E-state index in [9.17, 15) is 20.1 Å². The predicted molar refractivity (Wildman–Crippen MR) is 167 cm³/mol. The first-order chi connectivity index (χ1) is 22.5. The van der Waals surface area contributed by atoms with E-state index < -0.39 is 56.7 Å². The molecule has 0 aliphatic heterocycles. The average Bonchev–Trinajstić information content (AvgIpc) is 3.01. The zero-order chi connectivity index (χ0) is 36.7. The van der Waals surface area contributed by atoms with Crippen LogP contribution in [-0.2, 0) is 4.79 Å². The average molecular weight is 565 g/mol. The number of unbranched alkanes of at least 4 members (excludes halogenated alkanes) is 19. The summed E-state index contributed by atoms with van der Waals surface area (Å²) in [5, 5.41) is 33.0. The fraction of sp³-hybridized carbons (Fsp3) is 0.971. The van der Waals surface area contributed by atoms with Crippen molar-refractivity contribution in [2.45, 2.75) is 205 Å². The van der Waals surface area contributed by atoms with Crippen LogP contribution in [0.4, 0.5) is 0 Å². The molecule has 0 aliphatic carbocycles. The molecule has 0 aromatic heterocycles. The summed E-state index contributed by atoms with van der Waals surface area (Å²) in [5.74, 6) is -0.588. The smallest absolute Gasteiger partial charge is 0.249 e. The Morgan fingerprint density at radius 2 is 1.10 bits per heavy atom. The molecule has 0 bridgehead atoms. The van der Waals surface area contributed by atoms with Gasteiger partial charge in [-0.15, -0.1) is 0 Å². The van der Waals surface area contributed by atoms with Gasteiger partial charge in [0.05, 0.1) is 18.8 Å². The Morgan fingerprint density at radius 1 is 0.667 bits per heavy atom. The molecule has 0 saturated heterocycles. The van der Waals surface area contributed by atoms with Gasteiger partial charge in [0.25, 0.3) is 0 Å². The maximum absolute atomic E-state index is 12.4. The van der Waals surface area contributed by atoms with Crippen LogP contribution in [0.5, 0.6) is 0 Å². The minimum absolute atomic E-state index is 0.275. The lowest BCUT2D eigenvalue weighted by atomic mass is 10.0. The van der Waals surface area contributed by atoms with Crippen molar-refractivity contribution in [2.24, 2.45) is 0 Å². The zero-order valence-electron chi connectivity index (χ0n) is 34.2. The van der Waals surface area contributed by atoms with Crippen molar-refractivity contribution in [3.63, 3.8) is 0 Å². The first-order valence-corrected chi connectivity index (χ1v) is 16.2. The molecule has 1 amide bonds. The number of rotatable bonds is 31. The van der Waals surface area contributed by atoms with Gasteiger partial charge < -0.3 is 20.6 Å². The van der Waals surface area contributed by atoms with Crippen molar-refractivity contribution in [3.05, 3.63) is 0 Å². The maximum atomic E-state index is 12.4. The van der Waals surface area contributed by atoms with Gasteiger partial charge in [-0.1, -0.05) is 174 Å². The summed E-state index contributed by atoms with van der Waals surface area (Å²) in [7, 11) is 0. The number of aliphatic hydroxyl groups excluding tert-OH is 3. The minimum atomic E-state index is -3.31. The van der Waals surface area contributed by atoms with E-state index in [1.165, 1.54) is 64.2 Å². The van der Waals surface area contributed by atoms with Gasteiger partial charge in [-0.25, -0.2) is 0 Å². The summed E-state index contributed by atoms with van der Waals surface area (Å²) in [4.78, 5) is 12.4. The van der Waals surface area contributed by atoms with Crippen LogP contribution >= 0.6 is 0 Å². The predicted octanol–water partition coefficient (Wildman–Crippen LogP) is 8.76. The highest BCUT2D eigenvalue weighted by atomic mass is 16.3. The van der Waals surface area contributed by atoms with Crippen LogP contribution in [0.2, 0.25) is 0 Å². The zero-order valence-corrected chi connectivity index (χ0v) is 25.2. The third-order valence-electron chi connectivity index (χ3n) is 7.58. The first-order valence-electron chi connectivity index (χ1n) is 20.7. The summed E-state index contributed by atoms with van der Waals surface area (Å²) in [6.45, 7) is -1.44. The number of amides is 1. The van der Waals surface area contributed by atoms with Crippen LogP contribution in [0, 0.1) is 0 Å². The Labute approximate surface area is 256 Å². The van der Waals surface area contributed by atoms with Crippen LogP contribution in [0.25, 0.3) is 0 Å². The van der Waals surface area contributed by atoms with Crippen molar-refractivity contribution < 1.29 is 32.5 Å². The van der Waals surface area contributed by atoms with Gasteiger partial charge in [0.2, 0.25) is 5.91 Å². The molecule has 0 spiro atoms. The summed E-state index contributed by atoms with van der Waals surface area (Å²) in [6, 6.07) is -0.804. The Bertz CT molecular complexity index is 816. The van der Waals surface area contributed by atoms with E-state index in [-0.39, 0.29) is 12.8 Å². The van der Waals surface area contributed by atoms with Crippen LogP contribution in [0.15, 0.2) is 0 Å². The highest BCUT2D eigenvalue weighted by molar-refractivity contribution is 5.80. The molecule has 5 nitrogen and oxygen atoms in total. The lowest BCUT2D eigenvalue weighted by molar-refractivity contribution is -0.131. The van der Waals surface area contributed by atoms with Crippen LogP contribution in [0.1, 0.15) is 199 Å². The maximum Gasteiger partial charge on any atom is 0.249 e. The lowest BCUT2D eigenvalue weighted by Gasteiger charge is -2.23. The third-order valence-corrected chi connectivity index (χ3v) is 7.58. The standard InChI is InChI=1S/C34H69NO4/c1-3-5-7-9-11-13-15-17-19-20-22-24-26-28-32(37)31(30-36)35-34(39)33(38)29-27-25-23-21-18-16-14-12-10-8-6-4-2/h31-33,36-38H,3-30H2,1-2H3,(H,35,39)/t31-,32+,33+/m0/s1/i2D3,4D2,6D2,8D2. The molecule has 4 N–H and O–H groups in total. The topological polar surface area (TPSA) is 89.8 Å². The molecular formula is C34H69NO4. The molecule has 0 rings (SSSR count). The molecule has 0 aromatic carbocycles. The van der Waals surface area contributed by atoms with Gasteiger partial charge in [0.1, 0.15) is 6.10 Å². The van der Waals surface area contributed by atoms with Gasteiger partial charge in [0.15, 0.2) is 0 Å². The number of carbonyl (C=O) groups excluding carboxylic acids is 1. The molecule has 0 radical (unpaired) electrons. The SMILES string of the molecule is [2H]C([2H])([2H])C([2H])([2H])C([2H])([2H])C([2H])([2H])CCCCCCCCCC[C@@H](O)C(=O)N[C@@H](CO)[C@H](O)CCCCCCCCCCCCCCC. The highest BCUT2D eigenvalue weighted by Gasteiger charge is 2.23. The van der Waals surface area contributed by atoms with Crippen molar-refractivity contribution in [1.29, 1.82) is 0 Å². The Hall–Kier alpha value is -0.650. The Balaban J connectivity index is 3.99. The fourth-order valence-electron chi connectivity index (χ4n) is 4.96. The molecular weight excluding hydrogens is 486 g/mol. The summed E-state index contributed by atoms with van der Waals surface area (Å²) >= 11 is 0. The molecule has 0 unspecified atom stereocenters. The molecule has 0 aromatic rings. The fourth-order valence-corrected chi connectivity index (χ4v) is 4.96. The second kappa shape index (κ2) is 30.3. The van der Waals surface area contributed by atoms with E-state index in [1.807, 2.05) is 0 Å². The molecule has 234 valence electrons. The van der Waals surface area contributed by atoms with Crippen LogP contribution < -0.4 is 5.32 Å².